The average Bonchev–Trinajstić information content (AvgIpc) is 2.49. The highest BCUT2D eigenvalue weighted by Crippen LogP contribution is 2.25. The Labute approximate surface area is 121 Å². The second-order valence-electron chi connectivity index (χ2n) is 4.59. The monoisotopic (exact) mass is 281 g/mol. The molecule has 0 unspecified atom stereocenters. The van der Waals surface area contributed by atoms with Gasteiger partial charge in [-0.05, 0) is 29.0 Å². The zero-order chi connectivity index (χ0) is 14.1. The summed E-state index contributed by atoms with van der Waals surface area (Å²) < 4.78 is 0. The maximum Gasteiger partial charge on any atom is 0.193 e. The molecule has 3 aromatic rings. The predicted molar refractivity (Wildman–Crippen MR) is 83.2 cm³/mol. The molecule has 0 atom stereocenters. The summed E-state index contributed by atoms with van der Waals surface area (Å²) in [6.07, 6.45) is 0. The van der Waals surface area contributed by atoms with Crippen molar-refractivity contribution in [2.24, 2.45) is 0 Å². The molecule has 3 heteroatoms. The molecule has 2 N–H and O–H groups in total. The zero-order valence-electron chi connectivity index (χ0n) is 10.6. The molecule has 2 nitrogen and oxygen atoms in total. The second-order valence-corrected chi connectivity index (χ2v) is 5.00. The van der Waals surface area contributed by atoms with Crippen molar-refractivity contribution in [2.75, 3.05) is 5.73 Å². The third-order valence-electron chi connectivity index (χ3n) is 3.30. The molecule has 0 bridgehead atoms. The van der Waals surface area contributed by atoms with Gasteiger partial charge in [-0.25, -0.2) is 0 Å². The van der Waals surface area contributed by atoms with Gasteiger partial charge in [-0.15, -0.1) is 0 Å². The predicted octanol–water partition coefficient (Wildman–Crippen LogP) is 4.31. The Hall–Kier alpha value is -2.32. The summed E-state index contributed by atoms with van der Waals surface area (Å²) in [5, 5.41) is 2.38. The number of fused-ring (bicyclic) bond motifs is 1. The molecular weight excluding hydrogens is 270 g/mol. The molecule has 0 saturated carbocycles. The normalized spacial score (nSPS) is 10.7. The third-order valence-corrected chi connectivity index (χ3v) is 3.62. The van der Waals surface area contributed by atoms with E-state index in [9.17, 15) is 4.79 Å². The van der Waals surface area contributed by atoms with Crippen LogP contribution in [0.25, 0.3) is 10.8 Å². The van der Waals surface area contributed by atoms with Crippen molar-refractivity contribution in [3.63, 3.8) is 0 Å². The molecule has 98 valence electrons. The molecule has 0 heterocycles. The summed E-state index contributed by atoms with van der Waals surface area (Å²) in [5.74, 6) is -0.0521. The van der Waals surface area contributed by atoms with Crippen molar-refractivity contribution in [3.05, 3.63) is 76.8 Å². The first-order valence-corrected chi connectivity index (χ1v) is 6.62. The fraction of sp³-hybridized carbons (Fsp3) is 0. The van der Waals surface area contributed by atoms with Crippen LogP contribution in [0.1, 0.15) is 15.9 Å². The van der Waals surface area contributed by atoms with E-state index >= 15 is 0 Å². The fourth-order valence-electron chi connectivity index (χ4n) is 2.25. The molecule has 20 heavy (non-hydrogen) atoms. The molecule has 0 aliphatic heterocycles. The number of benzene rings is 3. The van der Waals surface area contributed by atoms with Gasteiger partial charge in [-0.2, -0.15) is 0 Å². The number of hydrogen-bond donors (Lipinski definition) is 1. The highest BCUT2D eigenvalue weighted by Gasteiger charge is 2.13. The van der Waals surface area contributed by atoms with Crippen LogP contribution < -0.4 is 5.73 Å². The van der Waals surface area contributed by atoms with E-state index in [1.807, 2.05) is 42.5 Å². The van der Waals surface area contributed by atoms with E-state index in [4.69, 9.17) is 17.3 Å². The van der Waals surface area contributed by atoms with Gasteiger partial charge in [0.2, 0.25) is 0 Å². The van der Waals surface area contributed by atoms with E-state index in [2.05, 4.69) is 0 Å². The van der Waals surface area contributed by atoms with E-state index in [0.29, 0.717) is 21.8 Å². The van der Waals surface area contributed by atoms with Crippen LogP contribution in [0.2, 0.25) is 5.02 Å². The Morgan fingerprint density at radius 2 is 1.70 bits per heavy atom. The third kappa shape index (κ3) is 2.15. The average molecular weight is 282 g/mol. The quantitative estimate of drug-likeness (QED) is 0.562. The lowest BCUT2D eigenvalue weighted by Gasteiger charge is -2.07. The number of rotatable bonds is 2. The first kappa shape index (κ1) is 12.7. The van der Waals surface area contributed by atoms with Gasteiger partial charge in [0.15, 0.2) is 5.78 Å². The standard InChI is InChI=1S/C17H12ClNO/c18-15-10-12(8-9-16(15)19)17(20)14-7-3-5-11-4-1-2-6-13(11)14/h1-10H,19H2. The van der Waals surface area contributed by atoms with Crippen LogP contribution in [0.5, 0.6) is 0 Å². The number of halogens is 1. The van der Waals surface area contributed by atoms with E-state index in [1.165, 1.54) is 0 Å². The molecule has 0 saturated heterocycles. The summed E-state index contributed by atoms with van der Waals surface area (Å²) in [6.45, 7) is 0. The van der Waals surface area contributed by atoms with Crippen molar-refractivity contribution in [2.45, 2.75) is 0 Å². The Kier molecular flexibility index (Phi) is 3.17. The number of nitrogens with two attached hydrogens (primary N) is 1. The number of hydrogen-bond acceptors (Lipinski definition) is 2. The Balaban J connectivity index is 2.15. The largest absolute Gasteiger partial charge is 0.398 e. The molecule has 0 radical (unpaired) electrons. The van der Waals surface area contributed by atoms with Crippen LogP contribution in [0.4, 0.5) is 5.69 Å². The number of carbonyl (C=O) groups excluding carboxylic acids is 1. The Morgan fingerprint density at radius 1 is 0.950 bits per heavy atom. The summed E-state index contributed by atoms with van der Waals surface area (Å²) in [6, 6.07) is 18.5. The molecule has 0 aliphatic carbocycles. The fourth-order valence-corrected chi connectivity index (χ4v) is 2.43. The molecule has 0 amide bonds. The molecule has 0 fully saturated rings. The van der Waals surface area contributed by atoms with Gasteiger partial charge in [0.1, 0.15) is 0 Å². The first-order valence-electron chi connectivity index (χ1n) is 6.24. The zero-order valence-corrected chi connectivity index (χ0v) is 11.4. The maximum absolute atomic E-state index is 12.6. The minimum Gasteiger partial charge on any atom is -0.398 e. The first-order chi connectivity index (χ1) is 9.66. The van der Waals surface area contributed by atoms with Crippen molar-refractivity contribution in [3.8, 4) is 0 Å². The molecule has 3 aromatic carbocycles. The van der Waals surface area contributed by atoms with E-state index in [-0.39, 0.29) is 5.78 Å². The lowest BCUT2D eigenvalue weighted by atomic mass is 9.97. The Bertz CT molecular complexity index is 806. The molecule has 0 aliphatic rings. The van der Waals surface area contributed by atoms with Crippen LogP contribution in [0, 0.1) is 0 Å². The maximum atomic E-state index is 12.6. The lowest BCUT2D eigenvalue weighted by Crippen LogP contribution is -2.02. The van der Waals surface area contributed by atoms with Crippen LogP contribution in [0.15, 0.2) is 60.7 Å². The summed E-state index contributed by atoms with van der Waals surface area (Å²) in [5.41, 5.74) is 7.36. The van der Waals surface area contributed by atoms with Gasteiger partial charge < -0.3 is 5.73 Å². The summed E-state index contributed by atoms with van der Waals surface area (Å²) in [4.78, 5) is 12.6. The minimum absolute atomic E-state index is 0.0521. The highest BCUT2D eigenvalue weighted by molar-refractivity contribution is 6.33. The molecule has 3 rings (SSSR count). The van der Waals surface area contributed by atoms with Gasteiger partial charge in [0, 0.05) is 11.1 Å². The van der Waals surface area contributed by atoms with Crippen LogP contribution in [-0.4, -0.2) is 5.78 Å². The van der Waals surface area contributed by atoms with Crippen molar-refractivity contribution in [1.29, 1.82) is 0 Å². The Morgan fingerprint density at radius 3 is 2.50 bits per heavy atom. The molecular formula is C17H12ClNO. The van der Waals surface area contributed by atoms with Crippen LogP contribution >= 0.6 is 11.6 Å². The lowest BCUT2D eigenvalue weighted by molar-refractivity contribution is 0.104. The smallest absolute Gasteiger partial charge is 0.193 e. The number of anilines is 1. The van der Waals surface area contributed by atoms with Crippen molar-refractivity contribution < 1.29 is 4.79 Å². The van der Waals surface area contributed by atoms with Gasteiger partial charge in [0.05, 0.1) is 10.7 Å². The topological polar surface area (TPSA) is 43.1 Å². The van der Waals surface area contributed by atoms with Gasteiger partial charge in [-0.1, -0.05) is 54.1 Å². The van der Waals surface area contributed by atoms with Crippen molar-refractivity contribution >= 4 is 33.8 Å². The molecule has 0 spiro atoms. The van der Waals surface area contributed by atoms with E-state index in [1.54, 1.807) is 18.2 Å². The number of ketones is 1. The van der Waals surface area contributed by atoms with Crippen LogP contribution in [0.3, 0.4) is 0 Å². The van der Waals surface area contributed by atoms with Crippen LogP contribution in [-0.2, 0) is 0 Å². The molecule has 0 aromatic heterocycles. The van der Waals surface area contributed by atoms with E-state index in [0.717, 1.165) is 10.8 Å². The van der Waals surface area contributed by atoms with E-state index < -0.39 is 0 Å². The van der Waals surface area contributed by atoms with Crippen molar-refractivity contribution in [1.82, 2.24) is 0 Å². The SMILES string of the molecule is Nc1ccc(C(=O)c2cccc3ccccc23)cc1Cl. The van der Waals surface area contributed by atoms with Gasteiger partial charge in [0.25, 0.3) is 0 Å². The number of carbonyl (C=O) groups is 1. The highest BCUT2D eigenvalue weighted by atomic mass is 35.5. The minimum atomic E-state index is -0.0521. The summed E-state index contributed by atoms with van der Waals surface area (Å²) in [7, 11) is 0. The second kappa shape index (κ2) is 4.99. The summed E-state index contributed by atoms with van der Waals surface area (Å²) >= 11 is 5.99. The van der Waals surface area contributed by atoms with Gasteiger partial charge in [-0.3, -0.25) is 4.79 Å². The van der Waals surface area contributed by atoms with Gasteiger partial charge >= 0.3 is 0 Å². The number of nitrogen functional groups attached to an aromatic ring is 1.